The number of rotatable bonds is 7. The van der Waals surface area contributed by atoms with Crippen molar-refractivity contribution < 1.29 is 9.59 Å². The number of benzene rings is 1. The molecule has 130 valence electrons. The van der Waals surface area contributed by atoms with Gasteiger partial charge in [-0.2, -0.15) is 4.68 Å². The summed E-state index contributed by atoms with van der Waals surface area (Å²) in [4.78, 5) is 25.1. The third-order valence-corrected chi connectivity index (χ3v) is 5.62. The summed E-state index contributed by atoms with van der Waals surface area (Å²) < 4.78 is 2.15. The average Bonchev–Trinajstić information content (AvgIpc) is 3.22. The largest absolute Gasteiger partial charge is 0.354 e. The molecule has 8 nitrogen and oxygen atoms in total. The third kappa shape index (κ3) is 4.55. The molecule has 2 heterocycles. The molecule has 0 saturated carbocycles. The number of carbonyl (C=O) groups excluding carboxylic acids is 2. The van der Waals surface area contributed by atoms with Gasteiger partial charge in [0.15, 0.2) is 0 Å². The number of thiocarbonyl (C=S) groups is 1. The molecule has 1 fully saturated rings. The van der Waals surface area contributed by atoms with Crippen LogP contribution in [0.1, 0.15) is 0 Å². The summed E-state index contributed by atoms with van der Waals surface area (Å²) in [6.07, 6.45) is 0. The number of hydrogen-bond donors (Lipinski definition) is 1. The van der Waals surface area contributed by atoms with Crippen LogP contribution in [0.3, 0.4) is 0 Å². The van der Waals surface area contributed by atoms with E-state index in [-0.39, 0.29) is 17.6 Å². The van der Waals surface area contributed by atoms with Crippen LogP contribution in [0.15, 0.2) is 35.5 Å². The van der Waals surface area contributed by atoms with Gasteiger partial charge in [0.2, 0.25) is 17.0 Å². The van der Waals surface area contributed by atoms with Crippen LogP contribution in [0.4, 0.5) is 0 Å². The Hall–Kier alpha value is -1.98. The highest BCUT2D eigenvalue weighted by Crippen LogP contribution is 2.19. The first kappa shape index (κ1) is 17.8. The predicted octanol–water partition coefficient (Wildman–Crippen LogP) is 0.731. The van der Waals surface area contributed by atoms with Gasteiger partial charge in [-0.3, -0.25) is 14.5 Å². The first-order valence-electron chi connectivity index (χ1n) is 7.35. The number of thioether (sulfide) groups is 2. The lowest BCUT2D eigenvalue weighted by Gasteiger charge is -2.14. The van der Waals surface area contributed by atoms with E-state index >= 15 is 0 Å². The summed E-state index contributed by atoms with van der Waals surface area (Å²) >= 11 is 7.68. The third-order valence-electron chi connectivity index (χ3n) is 3.27. The Labute approximate surface area is 157 Å². The predicted molar refractivity (Wildman–Crippen MR) is 99.7 cm³/mol. The second kappa shape index (κ2) is 8.41. The van der Waals surface area contributed by atoms with Gasteiger partial charge in [0.05, 0.1) is 17.2 Å². The SMILES string of the molecule is O=C(CSc1nnnn1-c1ccccc1)NCCN1C(=O)CSC1=S. The number of amides is 2. The van der Waals surface area contributed by atoms with Gasteiger partial charge in [0.1, 0.15) is 4.32 Å². The van der Waals surface area contributed by atoms with E-state index in [1.165, 1.54) is 28.4 Å². The Kier molecular flexibility index (Phi) is 6.00. The summed E-state index contributed by atoms with van der Waals surface area (Å²) in [5, 5.41) is 14.8. The molecule has 1 aliphatic rings. The van der Waals surface area contributed by atoms with Crippen LogP contribution in [0.5, 0.6) is 0 Å². The molecule has 3 rings (SSSR count). The molecule has 1 saturated heterocycles. The molecule has 0 spiro atoms. The average molecular weight is 395 g/mol. The zero-order valence-electron chi connectivity index (χ0n) is 13.0. The second-order valence-electron chi connectivity index (χ2n) is 4.95. The molecule has 0 bridgehead atoms. The molecule has 2 aromatic rings. The normalized spacial score (nSPS) is 14.2. The number of hydrogen-bond acceptors (Lipinski definition) is 8. The standard InChI is InChI=1S/C14H14N6O2S3/c21-11(15-6-7-19-12(22)9-25-14(19)23)8-24-13-16-17-18-20(13)10-4-2-1-3-5-10/h1-5H,6-9H2,(H,15,21). The van der Waals surface area contributed by atoms with E-state index in [1.54, 1.807) is 4.68 Å². The van der Waals surface area contributed by atoms with Crippen LogP contribution in [0.2, 0.25) is 0 Å². The van der Waals surface area contributed by atoms with E-state index in [4.69, 9.17) is 12.2 Å². The Morgan fingerprint density at radius 3 is 2.88 bits per heavy atom. The van der Waals surface area contributed by atoms with E-state index in [9.17, 15) is 9.59 Å². The lowest BCUT2D eigenvalue weighted by molar-refractivity contribution is -0.124. The van der Waals surface area contributed by atoms with E-state index in [0.717, 1.165) is 5.69 Å². The van der Waals surface area contributed by atoms with Crippen molar-refractivity contribution in [2.45, 2.75) is 5.16 Å². The van der Waals surface area contributed by atoms with Gasteiger partial charge in [-0.1, -0.05) is 53.9 Å². The fourth-order valence-electron chi connectivity index (χ4n) is 2.09. The minimum atomic E-state index is -0.155. The molecular formula is C14H14N6O2S3. The van der Waals surface area contributed by atoms with Crippen LogP contribution in [-0.4, -0.2) is 65.8 Å². The quantitative estimate of drug-likeness (QED) is 0.543. The van der Waals surface area contributed by atoms with Crippen molar-refractivity contribution in [1.29, 1.82) is 0 Å². The minimum Gasteiger partial charge on any atom is -0.354 e. The molecular weight excluding hydrogens is 380 g/mol. The summed E-state index contributed by atoms with van der Waals surface area (Å²) in [7, 11) is 0. The maximum atomic E-state index is 12.0. The number of carbonyl (C=O) groups is 2. The van der Waals surface area contributed by atoms with Crippen molar-refractivity contribution >= 4 is 51.9 Å². The minimum absolute atomic E-state index is 0.0133. The molecule has 0 aliphatic carbocycles. The monoisotopic (exact) mass is 394 g/mol. The first-order chi connectivity index (χ1) is 12.1. The van der Waals surface area contributed by atoms with E-state index in [1.807, 2.05) is 30.3 Å². The first-order valence-corrected chi connectivity index (χ1v) is 9.73. The molecule has 2 amide bonds. The zero-order valence-corrected chi connectivity index (χ0v) is 15.4. The van der Waals surface area contributed by atoms with Gasteiger partial charge in [0.25, 0.3) is 0 Å². The molecule has 0 unspecified atom stereocenters. The molecule has 11 heteroatoms. The molecule has 1 aliphatic heterocycles. The lowest BCUT2D eigenvalue weighted by atomic mass is 10.3. The Morgan fingerprint density at radius 2 is 2.16 bits per heavy atom. The van der Waals surface area contributed by atoms with Crippen LogP contribution in [0, 0.1) is 0 Å². The molecule has 0 atom stereocenters. The van der Waals surface area contributed by atoms with Gasteiger partial charge in [-0.25, -0.2) is 0 Å². The summed E-state index contributed by atoms with van der Waals surface area (Å²) in [5.74, 6) is 0.393. The van der Waals surface area contributed by atoms with Crippen molar-refractivity contribution in [3.8, 4) is 5.69 Å². The van der Waals surface area contributed by atoms with Crippen molar-refractivity contribution in [2.24, 2.45) is 0 Å². The van der Waals surface area contributed by atoms with Gasteiger partial charge < -0.3 is 5.32 Å². The fraction of sp³-hybridized carbons (Fsp3) is 0.286. The fourth-order valence-corrected chi connectivity index (χ4v) is 3.93. The molecule has 1 aromatic heterocycles. The van der Waals surface area contributed by atoms with Gasteiger partial charge in [0, 0.05) is 13.1 Å². The zero-order chi connectivity index (χ0) is 17.6. The van der Waals surface area contributed by atoms with E-state index in [2.05, 4.69) is 20.8 Å². The number of nitrogens with one attached hydrogen (secondary N) is 1. The smallest absolute Gasteiger partial charge is 0.238 e. The lowest BCUT2D eigenvalue weighted by Crippen LogP contribution is -2.37. The highest BCUT2D eigenvalue weighted by atomic mass is 32.2. The number of tetrazole rings is 1. The van der Waals surface area contributed by atoms with Crippen LogP contribution in [0.25, 0.3) is 5.69 Å². The van der Waals surface area contributed by atoms with E-state index < -0.39 is 0 Å². The molecule has 0 radical (unpaired) electrons. The summed E-state index contributed by atoms with van der Waals surface area (Å²) in [6, 6.07) is 9.45. The highest BCUT2D eigenvalue weighted by molar-refractivity contribution is 8.23. The van der Waals surface area contributed by atoms with Crippen molar-refractivity contribution in [2.75, 3.05) is 24.6 Å². The van der Waals surface area contributed by atoms with Crippen LogP contribution in [-0.2, 0) is 9.59 Å². The Morgan fingerprint density at radius 1 is 1.36 bits per heavy atom. The van der Waals surface area contributed by atoms with Crippen LogP contribution >= 0.6 is 35.7 Å². The highest BCUT2D eigenvalue weighted by Gasteiger charge is 2.25. The molecule has 25 heavy (non-hydrogen) atoms. The van der Waals surface area contributed by atoms with E-state index in [0.29, 0.717) is 28.3 Å². The van der Waals surface area contributed by atoms with Gasteiger partial charge in [-0.15, -0.1) is 5.10 Å². The summed E-state index contributed by atoms with van der Waals surface area (Å²) in [6.45, 7) is 0.748. The maximum Gasteiger partial charge on any atom is 0.238 e. The second-order valence-corrected chi connectivity index (χ2v) is 7.50. The van der Waals surface area contributed by atoms with Crippen molar-refractivity contribution in [3.05, 3.63) is 30.3 Å². The number of aromatic nitrogens is 4. The summed E-state index contributed by atoms with van der Waals surface area (Å²) in [5.41, 5.74) is 0.828. The molecule has 1 aromatic carbocycles. The Bertz CT molecular complexity index is 766. The van der Waals surface area contributed by atoms with Crippen molar-refractivity contribution in [3.63, 3.8) is 0 Å². The van der Waals surface area contributed by atoms with Crippen LogP contribution < -0.4 is 5.32 Å². The topological polar surface area (TPSA) is 93.0 Å². The number of nitrogens with zero attached hydrogens (tertiary/aromatic N) is 5. The molecule has 1 N–H and O–H groups in total. The van der Waals surface area contributed by atoms with Gasteiger partial charge >= 0.3 is 0 Å². The van der Waals surface area contributed by atoms with Crippen molar-refractivity contribution in [1.82, 2.24) is 30.4 Å². The Balaban J connectivity index is 1.46. The number of para-hydroxylation sites is 1. The van der Waals surface area contributed by atoms with Gasteiger partial charge in [-0.05, 0) is 22.6 Å². The maximum absolute atomic E-state index is 12.0.